The van der Waals surface area contributed by atoms with Gasteiger partial charge in [0.15, 0.2) is 0 Å². The van der Waals surface area contributed by atoms with E-state index in [0.29, 0.717) is 29.2 Å². The first-order valence-corrected chi connectivity index (χ1v) is 9.57. The Balaban J connectivity index is 1.61. The van der Waals surface area contributed by atoms with E-state index in [1.165, 1.54) is 4.90 Å². The number of nitrogens with zero attached hydrogens (tertiary/aromatic N) is 2. The third-order valence-electron chi connectivity index (χ3n) is 3.94. The summed E-state index contributed by atoms with van der Waals surface area (Å²) in [5.41, 5.74) is 2.47. The predicted molar refractivity (Wildman–Crippen MR) is 110 cm³/mol. The Morgan fingerprint density at radius 3 is 2.50 bits per heavy atom. The molecule has 1 N–H and O–H groups in total. The highest BCUT2D eigenvalue weighted by Gasteiger charge is 2.11. The van der Waals surface area contributed by atoms with E-state index >= 15 is 0 Å². The van der Waals surface area contributed by atoms with Gasteiger partial charge in [0.1, 0.15) is 12.4 Å². The Hall–Kier alpha value is -3.19. The Morgan fingerprint density at radius 2 is 1.86 bits per heavy atom. The van der Waals surface area contributed by atoms with Crippen LogP contribution in [0.1, 0.15) is 31.4 Å². The molecule has 0 fully saturated rings. The molecule has 2 aromatic carbocycles. The molecule has 0 bridgehead atoms. The molecule has 0 spiro atoms. The average molecular weight is 395 g/mol. The van der Waals surface area contributed by atoms with Gasteiger partial charge in [0, 0.05) is 36.3 Å². The van der Waals surface area contributed by atoms with Crippen LogP contribution in [0.25, 0.3) is 0 Å². The van der Waals surface area contributed by atoms with E-state index in [0.717, 1.165) is 10.7 Å². The fourth-order valence-electron chi connectivity index (χ4n) is 2.53. The molecule has 6 nitrogen and oxygen atoms in total. The van der Waals surface area contributed by atoms with Crippen LogP contribution in [0.4, 0.5) is 5.69 Å². The number of ether oxygens (including phenoxy) is 1. The number of aryl methyl sites for hydroxylation is 1. The van der Waals surface area contributed by atoms with Gasteiger partial charge in [-0.3, -0.25) is 9.59 Å². The van der Waals surface area contributed by atoms with Crippen LogP contribution in [-0.2, 0) is 6.61 Å². The van der Waals surface area contributed by atoms with Gasteiger partial charge in [-0.2, -0.15) is 0 Å². The van der Waals surface area contributed by atoms with Crippen molar-refractivity contribution < 1.29 is 14.3 Å². The third-order valence-corrected chi connectivity index (χ3v) is 4.77. The molecule has 1 heterocycles. The molecule has 1 aromatic heterocycles. The van der Waals surface area contributed by atoms with Crippen molar-refractivity contribution in [1.29, 1.82) is 0 Å². The standard InChI is InChI=1S/C21H21N3O3S/c1-14-22-18(13-28-14)12-27-19-9-7-15(8-10-19)20(25)23-17-6-4-5-16(11-17)21(26)24(2)3/h4-11,13H,12H2,1-3H3,(H,23,25). The summed E-state index contributed by atoms with van der Waals surface area (Å²) >= 11 is 1.58. The van der Waals surface area contributed by atoms with Crippen LogP contribution in [0.3, 0.4) is 0 Å². The topological polar surface area (TPSA) is 71.5 Å². The normalized spacial score (nSPS) is 10.4. The highest BCUT2D eigenvalue weighted by molar-refractivity contribution is 7.09. The summed E-state index contributed by atoms with van der Waals surface area (Å²) in [5.74, 6) is 0.296. The fourth-order valence-corrected chi connectivity index (χ4v) is 3.12. The number of carbonyl (C=O) groups excluding carboxylic acids is 2. The van der Waals surface area contributed by atoms with E-state index in [1.807, 2.05) is 12.3 Å². The van der Waals surface area contributed by atoms with Gasteiger partial charge in [-0.15, -0.1) is 11.3 Å². The number of rotatable bonds is 6. The van der Waals surface area contributed by atoms with Crippen LogP contribution in [0.5, 0.6) is 5.75 Å². The number of amides is 2. The largest absolute Gasteiger partial charge is 0.487 e. The van der Waals surface area contributed by atoms with Crippen molar-refractivity contribution in [1.82, 2.24) is 9.88 Å². The first-order chi connectivity index (χ1) is 13.4. The molecular formula is C21H21N3O3S. The molecule has 0 saturated carbocycles. The van der Waals surface area contributed by atoms with Gasteiger partial charge in [0.05, 0.1) is 10.7 Å². The number of carbonyl (C=O) groups is 2. The molecule has 0 atom stereocenters. The molecule has 0 aliphatic heterocycles. The molecule has 28 heavy (non-hydrogen) atoms. The molecule has 2 amide bonds. The Labute approximate surface area is 167 Å². The third kappa shape index (κ3) is 4.95. The monoisotopic (exact) mass is 395 g/mol. The maximum absolute atomic E-state index is 12.5. The van der Waals surface area contributed by atoms with Crippen LogP contribution in [-0.4, -0.2) is 35.8 Å². The lowest BCUT2D eigenvalue weighted by Crippen LogP contribution is -2.21. The summed E-state index contributed by atoms with van der Waals surface area (Å²) < 4.78 is 5.69. The number of hydrogen-bond acceptors (Lipinski definition) is 5. The van der Waals surface area contributed by atoms with E-state index in [4.69, 9.17) is 4.74 Å². The lowest BCUT2D eigenvalue weighted by Gasteiger charge is -2.12. The summed E-state index contributed by atoms with van der Waals surface area (Å²) in [6.07, 6.45) is 0. The molecule has 144 valence electrons. The van der Waals surface area contributed by atoms with E-state index in [1.54, 1.807) is 74.0 Å². The van der Waals surface area contributed by atoms with Crippen LogP contribution < -0.4 is 10.1 Å². The second-order valence-corrected chi connectivity index (χ2v) is 7.47. The summed E-state index contributed by atoms with van der Waals surface area (Å²) in [4.78, 5) is 30.4. The maximum Gasteiger partial charge on any atom is 0.255 e. The first kappa shape index (κ1) is 19.6. The van der Waals surface area contributed by atoms with Gasteiger partial charge in [-0.05, 0) is 49.4 Å². The summed E-state index contributed by atoms with van der Waals surface area (Å²) in [5, 5.41) is 5.78. The highest BCUT2D eigenvalue weighted by atomic mass is 32.1. The first-order valence-electron chi connectivity index (χ1n) is 8.69. The number of nitrogens with one attached hydrogen (secondary N) is 1. The van der Waals surface area contributed by atoms with Crippen LogP contribution in [0, 0.1) is 6.92 Å². The quantitative estimate of drug-likeness (QED) is 0.685. The minimum absolute atomic E-state index is 0.118. The zero-order valence-corrected chi connectivity index (χ0v) is 16.7. The van der Waals surface area contributed by atoms with Gasteiger partial charge in [0.25, 0.3) is 11.8 Å². The van der Waals surface area contributed by atoms with Crippen molar-refractivity contribution in [3.63, 3.8) is 0 Å². The van der Waals surface area contributed by atoms with Crippen LogP contribution in [0.15, 0.2) is 53.9 Å². The van der Waals surface area contributed by atoms with E-state index in [2.05, 4.69) is 10.3 Å². The molecule has 3 rings (SSSR count). The van der Waals surface area contributed by atoms with Gasteiger partial charge in [-0.25, -0.2) is 4.98 Å². The number of hydrogen-bond donors (Lipinski definition) is 1. The van der Waals surface area contributed by atoms with Gasteiger partial charge < -0.3 is 15.0 Å². The smallest absolute Gasteiger partial charge is 0.255 e. The summed E-state index contributed by atoms with van der Waals surface area (Å²) in [7, 11) is 3.37. The van der Waals surface area contributed by atoms with E-state index < -0.39 is 0 Å². The zero-order chi connectivity index (χ0) is 20.1. The second-order valence-electron chi connectivity index (χ2n) is 6.41. The Bertz CT molecular complexity index is 981. The van der Waals surface area contributed by atoms with Crippen molar-refractivity contribution in [2.75, 3.05) is 19.4 Å². The molecule has 0 radical (unpaired) electrons. The van der Waals surface area contributed by atoms with E-state index in [-0.39, 0.29) is 11.8 Å². The number of aromatic nitrogens is 1. The minimum atomic E-state index is -0.254. The van der Waals surface area contributed by atoms with Gasteiger partial charge in [0.2, 0.25) is 0 Å². The minimum Gasteiger partial charge on any atom is -0.487 e. The van der Waals surface area contributed by atoms with Crippen molar-refractivity contribution in [2.24, 2.45) is 0 Å². The van der Waals surface area contributed by atoms with Gasteiger partial charge in [-0.1, -0.05) is 6.07 Å². The zero-order valence-electron chi connectivity index (χ0n) is 15.9. The molecule has 7 heteroatoms. The van der Waals surface area contributed by atoms with Crippen molar-refractivity contribution in [3.8, 4) is 5.75 Å². The number of benzene rings is 2. The fraction of sp³-hybridized carbons (Fsp3) is 0.190. The highest BCUT2D eigenvalue weighted by Crippen LogP contribution is 2.17. The summed E-state index contributed by atoms with van der Waals surface area (Å²) in [6.45, 7) is 2.34. The number of anilines is 1. The van der Waals surface area contributed by atoms with Gasteiger partial charge >= 0.3 is 0 Å². The van der Waals surface area contributed by atoms with Crippen LogP contribution >= 0.6 is 11.3 Å². The van der Waals surface area contributed by atoms with E-state index in [9.17, 15) is 9.59 Å². The molecule has 0 saturated heterocycles. The van der Waals surface area contributed by atoms with Crippen molar-refractivity contribution >= 4 is 28.8 Å². The number of thiazole rings is 1. The molecule has 0 aliphatic carbocycles. The average Bonchev–Trinajstić information content (AvgIpc) is 3.11. The Morgan fingerprint density at radius 1 is 1.11 bits per heavy atom. The molecular weight excluding hydrogens is 374 g/mol. The second kappa shape index (κ2) is 8.67. The van der Waals surface area contributed by atoms with Crippen molar-refractivity contribution in [2.45, 2.75) is 13.5 Å². The molecule has 0 aliphatic rings. The molecule has 3 aromatic rings. The SMILES string of the molecule is Cc1nc(COc2ccc(C(=O)Nc3cccc(C(=O)N(C)C)c3)cc2)cs1. The lowest BCUT2D eigenvalue weighted by atomic mass is 10.1. The van der Waals surface area contributed by atoms with Crippen molar-refractivity contribution in [3.05, 3.63) is 75.7 Å². The Kier molecular flexibility index (Phi) is 6.06. The molecule has 0 unspecified atom stereocenters. The summed E-state index contributed by atoms with van der Waals surface area (Å²) in [6, 6.07) is 13.8. The maximum atomic E-state index is 12.5. The lowest BCUT2D eigenvalue weighted by molar-refractivity contribution is 0.0827. The predicted octanol–water partition coefficient (Wildman–Crippen LogP) is 3.98. The van der Waals surface area contributed by atoms with Crippen LogP contribution in [0.2, 0.25) is 0 Å².